The van der Waals surface area contributed by atoms with Crippen molar-refractivity contribution in [1.29, 1.82) is 0 Å². The van der Waals surface area contributed by atoms with Gasteiger partial charge in [0.15, 0.2) is 0 Å². The molecule has 0 atom stereocenters. The van der Waals surface area contributed by atoms with Crippen molar-refractivity contribution in [2.75, 3.05) is 24.7 Å². The third-order valence-electron chi connectivity index (χ3n) is 3.28. The number of non-ortho nitro benzene ring substituents is 1. The summed E-state index contributed by atoms with van der Waals surface area (Å²) in [6.07, 6.45) is 1.40. The second-order valence-corrected chi connectivity index (χ2v) is 6.92. The van der Waals surface area contributed by atoms with Gasteiger partial charge in [-0.2, -0.15) is 5.10 Å². The maximum Gasteiger partial charge on any atom is 0.270 e. The molecule has 26 heavy (non-hydrogen) atoms. The van der Waals surface area contributed by atoms with E-state index in [1.54, 1.807) is 18.2 Å². The first-order chi connectivity index (χ1) is 12.4. The highest BCUT2D eigenvalue weighted by atomic mass is 35.5. The van der Waals surface area contributed by atoms with Crippen LogP contribution in [0, 0.1) is 10.1 Å². The molecule has 1 N–H and O–H groups in total. The summed E-state index contributed by atoms with van der Waals surface area (Å²) in [5.41, 5.74) is 3.67. The van der Waals surface area contributed by atoms with E-state index in [1.807, 2.05) is 31.1 Å². The van der Waals surface area contributed by atoms with Gasteiger partial charge in [-0.25, -0.2) is 5.43 Å². The van der Waals surface area contributed by atoms with Gasteiger partial charge >= 0.3 is 0 Å². The molecule has 1 amide bonds. The Bertz CT molecular complexity index is 825. The summed E-state index contributed by atoms with van der Waals surface area (Å²) in [4.78, 5) is 25.1. The van der Waals surface area contributed by atoms with Crippen LogP contribution < -0.4 is 10.3 Å². The highest BCUT2D eigenvalue weighted by Gasteiger charge is 2.11. The molecule has 0 aliphatic rings. The van der Waals surface area contributed by atoms with Gasteiger partial charge in [0.2, 0.25) is 5.91 Å². The van der Waals surface area contributed by atoms with Gasteiger partial charge in [-0.15, -0.1) is 11.8 Å². The van der Waals surface area contributed by atoms with E-state index in [1.165, 1.54) is 30.1 Å². The lowest BCUT2D eigenvalue weighted by Gasteiger charge is -2.14. The number of halogens is 1. The number of hydrazone groups is 1. The van der Waals surface area contributed by atoms with E-state index in [-0.39, 0.29) is 17.3 Å². The van der Waals surface area contributed by atoms with Gasteiger partial charge in [0.05, 0.1) is 16.9 Å². The summed E-state index contributed by atoms with van der Waals surface area (Å²) in [5, 5.41) is 15.5. The molecule has 0 aromatic heterocycles. The van der Waals surface area contributed by atoms with E-state index in [4.69, 9.17) is 11.6 Å². The van der Waals surface area contributed by atoms with Gasteiger partial charge in [-0.1, -0.05) is 11.6 Å². The fourth-order valence-corrected chi connectivity index (χ4v) is 2.87. The molecule has 7 nitrogen and oxygen atoms in total. The Morgan fingerprint density at radius 2 is 2.00 bits per heavy atom. The summed E-state index contributed by atoms with van der Waals surface area (Å²) >= 11 is 7.17. The molecule has 136 valence electrons. The molecule has 0 fully saturated rings. The molecule has 0 bridgehead atoms. The number of rotatable bonds is 7. The number of nitrogens with one attached hydrogen (secondary N) is 1. The van der Waals surface area contributed by atoms with E-state index in [0.717, 1.165) is 10.6 Å². The van der Waals surface area contributed by atoms with Crippen LogP contribution in [0.25, 0.3) is 0 Å². The van der Waals surface area contributed by atoms with Gasteiger partial charge in [-0.05, 0) is 30.3 Å². The molecule has 0 saturated heterocycles. The minimum atomic E-state index is -0.474. The molecular weight excluding hydrogens is 376 g/mol. The zero-order valence-corrected chi connectivity index (χ0v) is 15.8. The minimum Gasteiger partial charge on any atom is -0.377 e. The Morgan fingerprint density at radius 3 is 2.62 bits per heavy atom. The largest absolute Gasteiger partial charge is 0.377 e. The van der Waals surface area contributed by atoms with Gasteiger partial charge in [0.25, 0.3) is 5.69 Å². The first kappa shape index (κ1) is 19.7. The molecule has 0 aliphatic heterocycles. The van der Waals surface area contributed by atoms with Crippen LogP contribution in [0.2, 0.25) is 5.02 Å². The highest BCUT2D eigenvalue weighted by molar-refractivity contribution is 8.00. The zero-order chi connectivity index (χ0) is 19.1. The van der Waals surface area contributed by atoms with Crippen LogP contribution in [0.1, 0.15) is 5.56 Å². The smallest absolute Gasteiger partial charge is 0.270 e. The number of thioether (sulfide) groups is 1. The minimum absolute atomic E-state index is 0.0401. The average Bonchev–Trinajstić information content (AvgIpc) is 2.61. The van der Waals surface area contributed by atoms with E-state index in [0.29, 0.717) is 10.6 Å². The number of anilines is 1. The summed E-state index contributed by atoms with van der Waals surface area (Å²) in [6.45, 7) is 0. The Labute approximate surface area is 160 Å². The molecule has 0 saturated carbocycles. The van der Waals surface area contributed by atoms with Crippen LogP contribution in [-0.2, 0) is 4.79 Å². The van der Waals surface area contributed by atoms with Crippen molar-refractivity contribution in [3.63, 3.8) is 0 Å². The molecule has 0 unspecified atom stereocenters. The summed E-state index contributed by atoms with van der Waals surface area (Å²) in [7, 11) is 3.64. The molecule has 0 spiro atoms. The second kappa shape index (κ2) is 9.21. The lowest BCUT2D eigenvalue weighted by Crippen LogP contribution is -2.20. The Kier molecular flexibility index (Phi) is 6.99. The van der Waals surface area contributed by atoms with Crippen molar-refractivity contribution in [3.8, 4) is 0 Å². The lowest BCUT2D eigenvalue weighted by atomic mass is 10.1. The van der Waals surface area contributed by atoms with Crippen molar-refractivity contribution in [2.45, 2.75) is 4.90 Å². The number of amides is 1. The van der Waals surface area contributed by atoms with Crippen molar-refractivity contribution >= 4 is 46.9 Å². The van der Waals surface area contributed by atoms with Gasteiger partial charge in [0, 0.05) is 47.4 Å². The number of carbonyl (C=O) groups is 1. The van der Waals surface area contributed by atoms with Crippen LogP contribution in [0.4, 0.5) is 11.4 Å². The molecule has 0 aliphatic carbocycles. The topological polar surface area (TPSA) is 87.8 Å². The number of nitro benzene ring substituents is 1. The molecule has 2 rings (SSSR count). The van der Waals surface area contributed by atoms with E-state index in [9.17, 15) is 14.9 Å². The van der Waals surface area contributed by atoms with Crippen LogP contribution in [-0.4, -0.2) is 36.9 Å². The zero-order valence-electron chi connectivity index (χ0n) is 14.2. The van der Waals surface area contributed by atoms with Crippen LogP contribution in [0.15, 0.2) is 52.5 Å². The SMILES string of the molecule is CN(C)c1ccc([N+](=O)[O-])cc1/C=N\NC(=O)CSc1ccc(Cl)cc1. The predicted octanol–water partition coefficient (Wildman–Crippen LogP) is 3.56. The molecule has 2 aromatic rings. The van der Waals surface area contributed by atoms with E-state index < -0.39 is 4.92 Å². The Morgan fingerprint density at radius 1 is 1.31 bits per heavy atom. The monoisotopic (exact) mass is 392 g/mol. The average molecular weight is 393 g/mol. The quantitative estimate of drug-likeness (QED) is 0.337. The predicted molar refractivity (Wildman–Crippen MR) is 105 cm³/mol. The van der Waals surface area contributed by atoms with Gasteiger partial charge in [0.1, 0.15) is 0 Å². The molecule has 0 radical (unpaired) electrons. The van der Waals surface area contributed by atoms with Crippen molar-refractivity contribution < 1.29 is 9.72 Å². The molecule has 0 heterocycles. The third kappa shape index (κ3) is 5.75. The lowest BCUT2D eigenvalue weighted by molar-refractivity contribution is -0.384. The maximum absolute atomic E-state index is 11.9. The Hall–Kier alpha value is -2.58. The number of hydrogen-bond acceptors (Lipinski definition) is 6. The fraction of sp³-hybridized carbons (Fsp3) is 0.176. The Balaban J connectivity index is 1.98. The third-order valence-corrected chi connectivity index (χ3v) is 4.54. The first-order valence-corrected chi connectivity index (χ1v) is 8.89. The van der Waals surface area contributed by atoms with Gasteiger partial charge < -0.3 is 4.90 Å². The number of benzene rings is 2. The molecule has 2 aromatic carbocycles. The highest BCUT2D eigenvalue weighted by Crippen LogP contribution is 2.23. The number of nitrogens with zero attached hydrogens (tertiary/aromatic N) is 3. The normalized spacial score (nSPS) is 10.7. The number of carbonyl (C=O) groups excluding carboxylic acids is 1. The number of hydrogen-bond donors (Lipinski definition) is 1. The van der Waals surface area contributed by atoms with E-state index >= 15 is 0 Å². The van der Waals surface area contributed by atoms with Crippen LogP contribution in [0.5, 0.6) is 0 Å². The molecule has 9 heteroatoms. The standard InChI is InChI=1S/C17H17ClN4O3S/c1-21(2)16-8-5-14(22(24)25)9-12(16)10-19-20-17(23)11-26-15-6-3-13(18)4-7-15/h3-10H,11H2,1-2H3,(H,20,23)/b19-10-. The first-order valence-electron chi connectivity index (χ1n) is 7.53. The summed E-state index contributed by atoms with van der Waals surface area (Å²) in [5.74, 6) is -0.0907. The van der Waals surface area contributed by atoms with Crippen molar-refractivity contribution in [1.82, 2.24) is 5.43 Å². The molecular formula is C17H17ClN4O3S. The summed E-state index contributed by atoms with van der Waals surface area (Å²) < 4.78 is 0. The maximum atomic E-state index is 11.9. The summed E-state index contributed by atoms with van der Waals surface area (Å²) in [6, 6.07) is 11.6. The van der Waals surface area contributed by atoms with E-state index in [2.05, 4.69) is 10.5 Å². The van der Waals surface area contributed by atoms with Gasteiger partial charge in [-0.3, -0.25) is 14.9 Å². The van der Waals surface area contributed by atoms with Crippen molar-refractivity contribution in [3.05, 3.63) is 63.2 Å². The second-order valence-electron chi connectivity index (χ2n) is 5.43. The fourth-order valence-electron chi connectivity index (χ4n) is 2.05. The van der Waals surface area contributed by atoms with Crippen molar-refractivity contribution in [2.24, 2.45) is 5.10 Å². The van der Waals surface area contributed by atoms with Crippen LogP contribution >= 0.6 is 23.4 Å². The van der Waals surface area contributed by atoms with Crippen LogP contribution in [0.3, 0.4) is 0 Å². The number of nitro groups is 1.